The summed E-state index contributed by atoms with van der Waals surface area (Å²) < 4.78 is 0.758. The lowest BCUT2D eigenvalue weighted by Crippen LogP contribution is -2.14. The van der Waals surface area contributed by atoms with Crippen LogP contribution in [0.5, 0.6) is 0 Å². The summed E-state index contributed by atoms with van der Waals surface area (Å²) in [6.45, 7) is 3.88. The first-order valence-corrected chi connectivity index (χ1v) is 6.55. The number of amides is 1. The second-order valence-electron chi connectivity index (χ2n) is 4.39. The Hall–Kier alpha value is -1.88. The Kier molecular flexibility index (Phi) is 3.85. The molecule has 1 amide bonds. The Morgan fingerprint density at radius 3 is 2.63 bits per heavy atom. The predicted molar refractivity (Wildman–Crippen MR) is 80.2 cm³/mol. The summed E-state index contributed by atoms with van der Waals surface area (Å²) >= 11 is 3.29. The van der Waals surface area contributed by atoms with E-state index in [4.69, 9.17) is 5.73 Å². The molecule has 0 fully saturated rings. The van der Waals surface area contributed by atoms with Gasteiger partial charge in [-0.3, -0.25) is 9.78 Å². The molecule has 0 bridgehead atoms. The van der Waals surface area contributed by atoms with Crippen LogP contribution in [0.15, 0.2) is 35.1 Å². The minimum absolute atomic E-state index is 0.229. The van der Waals surface area contributed by atoms with Crippen LogP contribution >= 0.6 is 15.9 Å². The van der Waals surface area contributed by atoms with E-state index in [0.717, 1.165) is 15.6 Å². The van der Waals surface area contributed by atoms with E-state index in [1.165, 1.54) is 6.20 Å². The summed E-state index contributed by atoms with van der Waals surface area (Å²) in [6.07, 6.45) is 3.14. The number of halogens is 1. The van der Waals surface area contributed by atoms with Gasteiger partial charge in [-0.25, -0.2) is 0 Å². The van der Waals surface area contributed by atoms with Crippen molar-refractivity contribution in [2.24, 2.45) is 0 Å². The summed E-state index contributed by atoms with van der Waals surface area (Å²) in [7, 11) is 0. The summed E-state index contributed by atoms with van der Waals surface area (Å²) in [4.78, 5) is 16.1. The number of aryl methyl sites for hydroxylation is 2. The highest BCUT2D eigenvalue weighted by atomic mass is 79.9. The topological polar surface area (TPSA) is 68.0 Å². The molecule has 1 aromatic carbocycles. The van der Waals surface area contributed by atoms with Crippen LogP contribution in [-0.4, -0.2) is 10.9 Å². The highest BCUT2D eigenvalue weighted by Gasteiger charge is 2.11. The zero-order chi connectivity index (χ0) is 14.0. The number of carbonyl (C=O) groups is 1. The Bertz CT molecular complexity index is 617. The lowest BCUT2D eigenvalue weighted by molar-refractivity contribution is 0.102. The minimum Gasteiger partial charge on any atom is -0.397 e. The summed E-state index contributed by atoms with van der Waals surface area (Å²) in [5.74, 6) is -0.229. The van der Waals surface area contributed by atoms with Gasteiger partial charge in [0.2, 0.25) is 0 Å². The number of carbonyl (C=O) groups excluding carboxylic acids is 1. The third kappa shape index (κ3) is 3.12. The lowest BCUT2D eigenvalue weighted by atomic mass is 10.1. The Morgan fingerprint density at radius 2 is 2.00 bits per heavy atom. The number of pyridine rings is 1. The van der Waals surface area contributed by atoms with Gasteiger partial charge in [0.15, 0.2) is 0 Å². The van der Waals surface area contributed by atoms with Crippen LogP contribution in [-0.2, 0) is 0 Å². The number of hydrogen-bond acceptors (Lipinski definition) is 3. The van der Waals surface area contributed by atoms with E-state index in [2.05, 4.69) is 26.2 Å². The molecule has 0 atom stereocenters. The van der Waals surface area contributed by atoms with E-state index >= 15 is 0 Å². The van der Waals surface area contributed by atoms with Crippen LogP contribution in [0, 0.1) is 13.8 Å². The maximum absolute atomic E-state index is 12.1. The standard InChI is InChI=1S/C14H14BrN3O/c1-8-3-9(2)13(12(16)4-8)18-14(19)10-5-11(15)7-17-6-10/h3-7H,16H2,1-2H3,(H,18,19). The molecule has 0 spiro atoms. The lowest BCUT2D eigenvalue weighted by Gasteiger charge is -2.12. The predicted octanol–water partition coefficient (Wildman–Crippen LogP) is 3.30. The Balaban J connectivity index is 2.29. The van der Waals surface area contributed by atoms with Crippen LogP contribution in [0.1, 0.15) is 21.5 Å². The Labute approximate surface area is 120 Å². The van der Waals surface area contributed by atoms with Crippen LogP contribution in [0.4, 0.5) is 11.4 Å². The van der Waals surface area contributed by atoms with Crippen molar-refractivity contribution in [1.29, 1.82) is 0 Å². The molecule has 1 heterocycles. The average Bonchev–Trinajstić information content (AvgIpc) is 2.33. The van der Waals surface area contributed by atoms with Gasteiger partial charge in [0, 0.05) is 16.9 Å². The highest BCUT2D eigenvalue weighted by Crippen LogP contribution is 2.25. The summed E-state index contributed by atoms with van der Waals surface area (Å²) in [5, 5.41) is 2.82. The van der Waals surface area contributed by atoms with Crippen molar-refractivity contribution in [2.45, 2.75) is 13.8 Å². The molecule has 1 aromatic heterocycles. The van der Waals surface area contributed by atoms with E-state index in [-0.39, 0.29) is 5.91 Å². The SMILES string of the molecule is Cc1cc(C)c(NC(=O)c2cncc(Br)c2)c(N)c1. The van der Waals surface area contributed by atoms with Crippen LogP contribution < -0.4 is 11.1 Å². The van der Waals surface area contributed by atoms with Gasteiger partial charge in [0.1, 0.15) is 0 Å². The maximum Gasteiger partial charge on any atom is 0.257 e. The van der Waals surface area contributed by atoms with Gasteiger partial charge in [-0.1, -0.05) is 6.07 Å². The summed E-state index contributed by atoms with van der Waals surface area (Å²) in [5.41, 5.74) is 9.64. The third-order valence-electron chi connectivity index (χ3n) is 2.72. The zero-order valence-corrected chi connectivity index (χ0v) is 12.3. The number of nitrogens with one attached hydrogen (secondary N) is 1. The molecule has 0 radical (unpaired) electrons. The zero-order valence-electron chi connectivity index (χ0n) is 10.7. The Morgan fingerprint density at radius 1 is 1.26 bits per heavy atom. The highest BCUT2D eigenvalue weighted by molar-refractivity contribution is 9.10. The molecule has 0 aliphatic rings. The molecule has 2 rings (SSSR count). The van der Waals surface area contributed by atoms with Gasteiger partial charge in [-0.05, 0) is 53.0 Å². The molecule has 4 nitrogen and oxygen atoms in total. The smallest absolute Gasteiger partial charge is 0.257 e. The normalized spacial score (nSPS) is 10.3. The number of nitrogen functional groups attached to an aromatic ring is 1. The fourth-order valence-corrected chi connectivity index (χ4v) is 2.26. The van der Waals surface area contributed by atoms with E-state index < -0.39 is 0 Å². The molecular formula is C14H14BrN3O. The van der Waals surface area contributed by atoms with Gasteiger partial charge in [0.05, 0.1) is 16.9 Å². The molecule has 98 valence electrons. The van der Waals surface area contributed by atoms with Crippen molar-refractivity contribution in [1.82, 2.24) is 4.98 Å². The van der Waals surface area contributed by atoms with Crippen molar-refractivity contribution in [2.75, 3.05) is 11.1 Å². The molecule has 3 N–H and O–H groups in total. The van der Waals surface area contributed by atoms with Crippen LogP contribution in [0.2, 0.25) is 0 Å². The van der Waals surface area contributed by atoms with Crippen LogP contribution in [0.25, 0.3) is 0 Å². The van der Waals surface area contributed by atoms with Crippen molar-refractivity contribution in [3.8, 4) is 0 Å². The van der Waals surface area contributed by atoms with Gasteiger partial charge < -0.3 is 11.1 Å². The monoisotopic (exact) mass is 319 g/mol. The number of benzene rings is 1. The van der Waals surface area contributed by atoms with E-state index in [0.29, 0.717) is 16.9 Å². The molecule has 0 aliphatic heterocycles. The molecule has 5 heteroatoms. The maximum atomic E-state index is 12.1. The van der Waals surface area contributed by atoms with Crippen molar-refractivity contribution in [3.05, 3.63) is 51.8 Å². The van der Waals surface area contributed by atoms with Gasteiger partial charge in [0.25, 0.3) is 5.91 Å². The fourth-order valence-electron chi connectivity index (χ4n) is 1.89. The van der Waals surface area contributed by atoms with E-state index in [1.807, 2.05) is 26.0 Å². The average molecular weight is 320 g/mol. The number of hydrogen-bond donors (Lipinski definition) is 2. The first kappa shape index (κ1) is 13.5. The van der Waals surface area contributed by atoms with Gasteiger partial charge in [-0.15, -0.1) is 0 Å². The molecule has 0 saturated heterocycles. The number of aromatic nitrogens is 1. The molecular weight excluding hydrogens is 306 g/mol. The molecule has 0 saturated carbocycles. The molecule has 0 unspecified atom stereocenters. The fraction of sp³-hybridized carbons (Fsp3) is 0.143. The van der Waals surface area contributed by atoms with Crippen molar-refractivity contribution in [3.63, 3.8) is 0 Å². The van der Waals surface area contributed by atoms with Crippen molar-refractivity contribution < 1.29 is 4.79 Å². The third-order valence-corrected chi connectivity index (χ3v) is 3.15. The number of rotatable bonds is 2. The van der Waals surface area contributed by atoms with Crippen molar-refractivity contribution >= 4 is 33.2 Å². The first-order valence-electron chi connectivity index (χ1n) is 5.76. The summed E-state index contributed by atoms with van der Waals surface area (Å²) in [6, 6.07) is 5.52. The molecule has 19 heavy (non-hydrogen) atoms. The molecule has 0 aliphatic carbocycles. The van der Waals surface area contributed by atoms with Crippen LogP contribution in [0.3, 0.4) is 0 Å². The number of nitrogens with zero attached hydrogens (tertiary/aromatic N) is 1. The largest absolute Gasteiger partial charge is 0.397 e. The minimum atomic E-state index is -0.229. The first-order chi connectivity index (χ1) is 8.97. The number of anilines is 2. The van der Waals surface area contributed by atoms with E-state index in [9.17, 15) is 4.79 Å². The van der Waals surface area contributed by atoms with Gasteiger partial charge >= 0.3 is 0 Å². The second kappa shape index (κ2) is 5.40. The second-order valence-corrected chi connectivity index (χ2v) is 5.31. The van der Waals surface area contributed by atoms with Gasteiger partial charge in [-0.2, -0.15) is 0 Å². The number of nitrogens with two attached hydrogens (primary N) is 1. The van der Waals surface area contributed by atoms with E-state index in [1.54, 1.807) is 12.3 Å². The molecule has 2 aromatic rings. The quantitative estimate of drug-likeness (QED) is 0.834.